The molecule has 1 aliphatic rings. The van der Waals surface area contributed by atoms with Gasteiger partial charge in [-0.15, -0.1) is 12.4 Å². The number of carbonyl (C=O) groups is 1. The van der Waals surface area contributed by atoms with Crippen molar-refractivity contribution in [3.8, 4) is 5.75 Å². The fourth-order valence-corrected chi connectivity index (χ4v) is 2.63. The molecule has 0 aromatic heterocycles. The van der Waals surface area contributed by atoms with Gasteiger partial charge in [0.15, 0.2) is 0 Å². The van der Waals surface area contributed by atoms with Crippen LogP contribution in [0.1, 0.15) is 37.7 Å². The zero-order valence-corrected chi connectivity index (χ0v) is 13.0. The van der Waals surface area contributed by atoms with Gasteiger partial charge in [-0.25, -0.2) is 0 Å². The molecule has 1 aliphatic carbocycles. The lowest BCUT2D eigenvalue weighted by Gasteiger charge is -2.21. The van der Waals surface area contributed by atoms with Crippen molar-refractivity contribution in [1.82, 2.24) is 0 Å². The van der Waals surface area contributed by atoms with E-state index in [4.69, 9.17) is 15.6 Å². The van der Waals surface area contributed by atoms with Crippen molar-refractivity contribution in [3.63, 3.8) is 0 Å². The fourth-order valence-electron chi connectivity index (χ4n) is 2.63. The monoisotopic (exact) mass is 313 g/mol. The van der Waals surface area contributed by atoms with E-state index in [0.717, 1.165) is 17.9 Å². The molecule has 4 nitrogen and oxygen atoms in total. The number of aliphatic carboxylic acids is 1. The Labute approximate surface area is 132 Å². The molecule has 0 amide bonds. The van der Waals surface area contributed by atoms with E-state index in [1.807, 2.05) is 24.3 Å². The Morgan fingerprint density at radius 2 is 1.86 bits per heavy atom. The molecule has 1 saturated carbocycles. The number of hydrogen-bond acceptors (Lipinski definition) is 3. The highest BCUT2D eigenvalue weighted by Crippen LogP contribution is 2.24. The normalized spacial score (nSPS) is 16.8. The number of carboxylic acid groups (broad SMARTS) is 1. The highest BCUT2D eigenvalue weighted by atomic mass is 35.5. The third-order valence-corrected chi connectivity index (χ3v) is 3.91. The lowest BCUT2D eigenvalue weighted by molar-refractivity contribution is -0.138. The Morgan fingerprint density at radius 3 is 2.43 bits per heavy atom. The average Bonchev–Trinajstić information content (AvgIpc) is 2.47. The zero-order valence-electron chi connectivity index (χ0n) is 12.2. The summed E-state index contributed by atoms with van der Waals surface area (Å²) in [5, 5.41) is 8.78. The van der Waals surface area contributed by atoms with E-state index in [0.29, 0.717) is 12.3 Å². The molecule has 1 atom stereocenters. The van der Waals surface area contributed by atoms with Crippen LogP contribution < -0.4 is 10.5 Å². The number of halogens is 1. The van der Waals surface area contributed by atoms with Gasteiger partial charge >= 0.3 is 5.97 Å². The van der Waals surface area contributed by atoms with Crippen molar-refractivity contribution in [2.24, 2.45) is 11.7 Å². The fraction of sp³-hybridized carbons (Fsp3) is 0.562. The molecule has 0 unspecified atom stereocenters. The highest BCUT2D eigenvalue weighted by molar-refractivity contribution is 5.85. The number of ether oxygens (including phenoxy) is 1. The molecule has 21 heavy (non-hydrogen) atoms. The summed E-state index contributed by atoms with van der Waals surface area (Å²) in [6, 6.07) is 6.72. The molecule has 0 heterocycles. The SMILES string of the molecule is Cl.N[C@@H](Cc1ccc(OCC2CCCCC2)cc1)C(=O)O. The van der Waals surface area contributed by atoms with Crippen molar-refractivity contribution < 1.29 is 14.6 Å². The first-order chi connectivity index (χ1) is 9.65. The van der Waals surface area contributed by atoms with Gasteiger partial charge in [0, 0.05) is 0 Å². The summed E-state index contributed by atoms with van der Waals surface area (Å²) in [5.41, 5.74) is 6.43. The topological polar surface area (TPSA) is 72.5 Å². The molecule has 0 saturated heterocycles. The van der Waals surface area contributed by atoms with Gasteiger partial charge in [-0.2, -0.15) is 0 Å². The lowest BCUT2D eigenvalue weighted by Crippen LogP contribution is -2.32. The summed E-state index contributed by atoms with van der Waals surface area (Å²) in [4.78, 5) is 10.7. The number of carboxylic acids is 1. The molecule has 0 aliphatic heterocycles. The molecule has 1 fully saturated rings. The maximum atomic E-state index is 10.7. The molecule has 0 spiro atoms. The minimum absolute atomic E-state index is 0. The first-order valence-electron chi connectivity index (χ1n) is 7.35. The van der Waals surface area contributed by atoms with E-state index < -0.39 is 12.0 Å². The number of benzene rings is 1. The van der Waals surface area contributed by atoms with Crippen molar-refractivity contribution >= 4 is 18.4 Å². The molecular weight excluding hydrogens is 290 g/mol. The predicted octanol–water partition coefficient (Wildman–Crippen LogP) is 3.02. The molecule has 118 valence electrons. The third-order valence-electron chi connectivity index (χ3n) is 3.91. The van der Waals surface area contributed by atoms with Gasteiger partial charge in [-0.3, -0.25) is 4.79 Å². The summed E-state index contributed by atoms with van der Waals surface area (Å²) in [5.74, 6) is 0.565. The van der Waals surface area contributed by atoms with Crippen LogP contribution in [0.25, 0.3) is 0 Å². The maximum Gasteiger partial charge on any atom is 0.320 e. The van der Waals surface area contributed by atoms with Gasteiger partial charge in [0.25, 0.3) is 0 Å². The van der Waals surface area contributed by atoms with E-state index in [-0.39, 0.29) is 12.4 Å². The van der Waals surface area contributed by atoms with Gasteiger partial charge in [0.05, 0.1) is 6.61 Å². The van der Waals surface area contributed by atoms with Gasteiger partial charge < -0.3 is 15.6 Å². The minimum Gasteiger partial charge on any atom is -0.493 e. The molecular formula is C16H24ClNO3. The Morgan fingerprint density at radius 1 is 1.24 bits per heavy atom. The van der Waals surface area contributed by atoms with Crippen LogP contribution in [0.3, 0.4) is 0 Å². The Bertz CT molecular complexity index is 430. The number of nitrogens with two attached hydrogens (primary N) is 1. The summed E-state index contributed by atoms with van der Waals surface area (Å²) < 4.78 is 5.81. The van der Waals surface area contributed by atoms with Crippen LogP contribution in [0.2, 0.25) is 0 Å². The molecule has 2 rings (SSSR count). The second-order valence-electron chi connectivity index (χ2n) is 5.61. The summed E-state index contributed by atoms with van der Waals surface area (Å²) in [6.45, 7) is 0.786. The quantitative estimate of drug-likeness (QED) is 0.846. The van der Waals surface area contributed by atoms with Crippen molar-refractivity contribution in [2.45, 2.75) is 44.6 Å². The Hall–Kier alpha value is -1.26. The van der Waals surface area contributed by atoms with Crippen LogP contribution in [0, 0.1) is 5.92 Å². The van der Waals surface area contributed by atoms with Crippen LogP contribution in [0.15, 0.2) is 24.3 Å². The van der Waals surface area contributed by atoms with Gasteiger partial charge in [0.2, 0.25) is 0 Å². The van der Waals surface area contributed by atoms with E-state index >= 15 is 0 Å². The largest absolute Gasteiger partial charge is 0.493 e. The van der Waals surface area contributed by atoms with Crippen LogP contribution in [0.4, 0.5) is 0 Å². The number of hydrogen-bond donors (Lipinski definition) is 2. The highest BCUT2D eigenvalue weighted by Gasteiger charge is 2.14. The molecule has 5 heteroatoms. The van der Waals surface area contributed by atoms with Crippen LogP contribution in [-0.4, -0.2) is 23.7 Å². The summed E-state index contributed by atoms with van der Waals surface area (Å²) in [7, 11) is 0. The lowest BCUT2D eigenvalue weighted by atomic mass is 9.90. The first-order valence-corrected chi connectivity index (χ1v) is 7.35. The van der Waals surface area contributed by atoms with E-state index in [1.165, 1.54) is 32.1 Å². The summed E-state index contributed by atoms with van der Waals surface area (Å²) >= 11 is 0. The molecule has 1 aromatic rings. The summed E-state index contributed by atoms with van der Waals surface area (Å²) in [6.07, 6.45) is 6.88. The van der Waals surface area contributed by atoms with E-state index in [9.17, 15) is 4.79 Å². The van der Waals surface area contributed by atoms with Crippen LogP contribution >= 0.6 is 12.4 Å². The maximum absolute atomic E-state index is 10.7. The minimum atomic E-state index is -0.970. The predicted molar refractivity (Wildman–Crippen MR) is 85.1 cm³/mol. The molecule has 1 aromatic carbocycles. The smallest absolute Gasteiger partial charge is 0.320 e. The Balaban J connectivity index is 0.00000220. The standard InChI is InChI=1S/C16H23NO3.ClH/c17-15(16(18)19)10-12-6-8-14(9-7-12)20-11-13-4-2-1-3-5-13;/h6-9,13,15H,1-5,10-11,17H2,(H,18,19);1H/t15-;/m0./s1. The molecule has 3 N–H and O–H groups in total. The van der Waals surface area contributed by atoms with Gasteiger partial charge in [-0.05, 0) is 42.9 Å². The van der Waals surface area contributed by atoms with Crippen molar-refractivity contribution in [2.75, 3.05) is 6.61 Å². The average molecular weight is 314 g/mol. The molecule has 0 radical (unpaired) electrons. The number of rotatable bonds is 6. The van der Waals surface area contributed by atoms with Gasteiger partial charge in [0.1, 0.15) is 11.8 Å². The van der Waals surface area contributed by atoms with Crippen LogP contribution in [-0.2, 0) is 11.2 Å². The van der Waals surface area contributed by atoms with E-state index in [2.05, 4.69) is 0 Å². The zero-order chi connectivity index (χ0) is 14.4. The second kappa shape index (κ2) is 8.90. The van der Waals surface area contributed by atoms with Crippen molar-refractivity contribution in [1.29, 1.82) is 0 Å². The van der Waals surface area contributed by atoms with E-state index in [1.54, 1.807) is 0 Å². The first kappa shape index (κ1) is 17.8. The second-order valence-corrected chi connectivity index (χ2v) is 5.61. The van der Waals surface area contributed by atoms with Crippen molar-refractivity contribution in [3.05, 3.63) is 29.8 Å². The van der Waals surface area contributed by atoms with Gasteiger partial charge in [-0.1, -0.05) is 31.4 Å². The molecule has 0 bridgehead atoms. The van der Waals surface area contributed by atoms with Crippen LogP contribution in [0.5, 0.6) is 5.75 Å². The third kappa shape index (κ3) is 5.94. The Kier molecular flexibility index (Phi) is 7.54.